The van der Waals surface area contributed by atoms with Gasteiger partial charge in [0.2, 0.25) is 0 Å². The minimum atomic E-state index is -1.09. The van der Waals surface area contributed by atoms with Crippen LogP contribution in [0.1, 0.15) is 22.8 Å². The van der Waals surface area contributed by atoms with Crippen molar-refractivity contribution in [2.75, 3.05) is 44.4 Å². The van der Waals surface area contributed by atoms with Gasteiger partial charge in [-0.3, -0.25) is 14.5 Å². The average Bonchev–Trinajstić information content (AvgIpc) is 3.16. The van der Waals surface area contributed by atoms with Gasteiger partial charge in [-0.05, 0) is 48.9 Å². The summed E-state index contributed by atoms with van der Waals surface area (Å²) in [5.74, 6) is -0.683. The highest BCUT2D eigenvalue weighted by Crippen LogP contribution is 2.37. The van der Waals surface area contributed by atoms with E-state index in [1.807, 2.05) is 6.92 Å². The number of carbonyl (C=O) groups is 3. The molecular formula is C25H24N2O7S2. The van der Waals surface area contributed by atoms with Crippen molar-refractivity contribution in [3.63, 3.8) is 0 Å². The first-order chi connectivity index (χ1) is 17.4. The van der Waals surface area contributed by atoms with Gasteiger partial charge < -0.3 is 24.2 Å². The lowest BCUT2D eigenvalue weighted by Crippen LogP contribution is -2.43. The fourth-order valence-electron chi connectivity index (χ4n) is 3.67. The van der Waals surface area contributed by atoms with E-state index >= 15 is 0 Å². The number of carbonyl (C=O) groups excluding carboxylic acids is 2. The third kappa shape index (κ3) is 5.86. The molecule has 0 aromatic heterocycles. The third-order valence-corrected chi connectivity index (χ3v) is 6.73. The van der Waals surface area contributed by atoms with Crippen LogP contribution in [-0.4, -0.2) is 71.6 Å². The maximum atomic E-state index is 13.1. The predicted molar refractivity (Wildman–Crippen MR) is 140 cm³/mol. The van der Waals surface area contributed by atoms with Crippen LogP contribution >= 0.6 is 24.0 Å². The number of rotatable bonds is 8. The lowest BCUT2D eigenvalue weighted by Gasteiger charge is -2.26. The molecule has 9 nitrogen and oxygen atoms in total. The molecule has 2 amide bonds. The summed E-state index contributed by atoms with van der Waals surface area (Å²) in [6.45, 7) is 4.22. The van der Waals surface area contributed by atoms with Gasteiger partial charge in [-0.2, -0.15) is 0 Å². The van der Waals surface area contributed by atoms with E-state index in [9.17, 15) is 19.5 Å². The molecule has 0 aliphatic carbocycles. The Balaban J connectivity index is 1.51. The molecule has 188 valence electrons. The molecule has 0 unspecified atom stereocenters. The maximum absolute atomic E-state index is 13.1. The Morgan fingerprint density at radius 3 is 2.64 bits per heavy atom. The molecule has 0 saturated carbocycles. The fraction of sp³-hybridized carbons (Fsp3) is 0.280. The van der Waals surface area contributed by atoms with Gasteiger partial charge in [-0.1, -0.05) is 36.1 Å². The van der Waals surface area contributed by atoms with E-state index in [4.69, 9.17) is 26.4 Å². The van der Waals surface area contributed by atoms with Crippen LogP contribution in [0.4, 0.5) is 5.69 Å². The van der Waals surface area contributed by atoms with E-state index < -0.39 is 5.97 Å². The van der Waals surface area contributed by atoms with Crippen molar-refractivity contribution in [3.05, 3.63) is 58.5 Å². The van der Waals surface area contributed by atoms with Crippen LogP contribution in [0.2, 0.25) is 0 Å². The molecule has 4 rings (SSSR count). The first kappa shape index (κ1) is 25.7. The molecule has 0 atom stereocenters. The van der Waals surface area contributed by atoms with Gasteiger partial charge in [0.15, 0.2) is 22.4 Å². The number of amides is 2. The number of morpholine rings is 1. The molecule has 1 N–H and O–H groups in total. The average molecular weight is 529 g/mol. The number of thioether (sulfide) groups is 1. The zero-order chi connectivity index (χ0) is 25.7. The standard InChI is InChI=1S/C25H24N2O7S2/c1-2-33-20-12-16(6-7-19(20)34-15-22(28)26-8-10-32-11-9-26)13-21-23(29)27(25(35)36-21)18-5-3-4-17(14-18)24(30)31/h3-7,12-14H,2,8-11,15H2,1H3,(H,30,31)/b21-13+. The quantitative estimate of drug-likeness (QED) is 0.407. The zero-order valence-electron chi connectivity index (χ0n) is 19.5. The van der Waals surface area contributed by atoms with Crippen LogP contribution in [0.5, 0.6) is 11.5 Å². The Morgan fingerprint density at radius 2 is 1.92 bits per heavy atom. The Labute approximate surface area is 217 Å². The van der Waals surface area contributed by atoms with Gasteiger partial charge in [0.1, 0.15) is 0 Å². The lowest BCUT2D eigenvalue weighted by atomic mass is 10.1. The molecule has 2 saturated heterocycles. The molecule has 2 aromatic rings. The van der Waals surface area contributed by atoms with E-state index in [1.54, 1.807) is 41.3 Å². The molecular weight excluding hydrogens is 504 g/mol. The van der Waals surface area contributed by atoms with Gasteiger partial charge in [-0.25, -0.2) is 4.79 Å². The highest BCUT2D eigenvalue weighted by Gasteiger charge is 2.33. The second-order valence-corrected chi connectivity index (χ2v) is 9.47. The van der Waals surface area contributed by atoms with E-state index in [0.717, 1.165) is 11.8 Å². The van der Waals surface area contributed by atoms with Gasteiger partial charge in [0, 0.05) is 13.1 Å². The summed E-state index contributed by atoms with van der Waals surface area (Å²) in [5.41, 5.74) is 1.14. The highest BCUT2D eigenvalue weighted by molar-refractivity contribution is 8.27. The molecule has 2 fully saturated rings. The summed E-state index contributed by atoms with van der Waals surface area (Å²) >= 11 is 6.52. The van der Waals surface area contributed by atoms with Crippen LogP contribution in [0.15, 0.2) is 47.4 Å². The topological polar surface area (TPSA) is 106 Å². The van der Waals surface area contributed by atoms with Crippen molar-refractivity contribution in [3.8, 4) is 11.5 Å². The number of hydrogen-bond acceptors (Lipinski definition) is 8. The first-order valence-electron chi connectivity index (χ1n) is 11.2. The number of carboxylic acids is 1. The lowest BCUT2D eigenvalue weighted by molar-refractivity contribution is -0.137. The monoisotopic (exact) mass is 528 g/mol. The van der Waals surface area contributed by atoms with Crippen LogP contribution in [0.3, 0.4) is 0 Å². The number of thiocarbonyl (C=S) groups is 1. The largest absolute Gasteiger partial charge is 0.490 e. The van der Waals surface area contributed by atoms with Gasteiger partial charge in [-0.15, -0.1) is 0 Å². The minimum absolute atomic E-state index is 0.0644. The Morgan fingerprint density at radius 1 is 1.14 bits per heavy atom. The molecule has 11 heteroatoms. The Bertz CT molecular complexity index is 1220. The summed E-state index contributed by atoms with van der Waals surface area (Å²) in [5, 5.41) is 9.26. The van der Waals surface area contributed by atoms with E-state index in [0.29, 0.717) is 64.9 Å². The van der Waals surface area contributed by atoms with Gasteiger partial charge >= 0.3 is 5.97 Å². The number of aromatic carboxylic acids is 1. The maximum Gasteiger partial charge on any atom is 0.335 e. The molecule has 0 spiro atoms. The van der Waals surface area contributed by atoms with Crippen molar-refractivity contribution in [1.82, 2.24) is 4.90 Å². The number of benzene rings is 2. The summed E-state index contributed by atoms with van der Waals surface area (Å²) < 4.78 is 17.0. The van der Waals surface area contributed by atoms with Gasteiger partial charge in [0.25, 0.3) is 11.8 Å². The van der Waals surface area contributed by atoms with Crippen molar-refractivity contribution >= 4 is 57.8 Å². The molecule has 2 aliphatic heterocycles. The number of hydrogen-bond donors (Lipinski definition) is 1. The van der Waals surface area contributed by atoms with Crippen LogP contribution in [-0.2, 0) is 14.3 Å². The highest BCUT2D eigenvalue weighted by atomic mass is 32.2. The molecule has 0 radical (unpaired) electrons. The van der Waals surface area contributed by atoms with Crippen molar-refractivity contribution in [2.24, 2.45) is 0 Å². The van der Waals surface area contributed by atoms with Crippen LogP contribution in [0, 0.1) is 0 Å². The molecule has 2 aromatic carbocycles. The number of carboxylic acid groups (broad SMARTS) is 1. The SMILES string of the molecule is CCOc1cc(/C=C2/SC(=S)N(c3cccc(C(=O)O)c3)C2=O)ccc1OCC(=O)N1CCOCC1. The van der Waals surface area contributed by atoms with E-state index in [-0.39, 0.29) is 24.0 Å². The molecule has 36 heavy (non-hydrogen) atoms. The van der Waals surface area contributed by atoms with Crippen molar-refractivity contribution < 1.29 is 33.7 Å². The molecule has 2 aliphatic rings. The Kier molecular flexibility index (Phi) is 8.24. The number of nitrogens with zero attached hydrogens (tertiary/aromatic N) is 2. The molecule has 2 heterocycles. The van der Waals surface area contributed by atoms with Gasteiger partial charge in [0.05, 0.1) is 36.0 Å². The number of ether oxygens (including phenoxy) is 3. The minimum Gasteiger partial charge on any atom is -0.490 e. The van der Waals surface area contributed by atoms with Crippen LogP contribution < -0.4 is 14.4 Å². The predicted octanol–water partition coefficient (Wildman–Crippen LogP) is 3.43. The second-order valence-electron chi connectivity index (χ2n) is 7.79. The molecule has 0 bridgehead atoms. The van der Waals surface area contributed by atoms with Crippen molar-refractivity contribution in [2.45, 2.75) is 6.92 Å². The first-order valence-corrected chi connectivity index (χ1v) is 12.5. The second kappa shape index (κ2) is 11.5. The summed E-state index contributed by atoms with van der Waals surface area (Å²) in [6.07, 6.45) is 1.69. The summed E-state index contributed by atoms with van der Waals surface area (Å²) in [7, 11) is 0. The van der Waals surface area contributed by atoms with E-state index in [1.165, 1.54) is 17.0 Å². The fourth-order valence-corrected chi connectivity index (χ4v) is 4.96. The van der Waals surface area contributed by atoms with Crippen LogP contribution in [0.25, 0.3) is 6.08 Å². The zero-order valence-corrected chi connectivity index (χ0v) is 21.1. The van der Waals surface area contributed by atoms with Crippen molar-refractivity contribution in [1.29, 1.82) is 0 Å². The van der Waals surface area contributed by atoms with E-state index in [2.05, 4.69) is 0 Å². The number of anilines is 1. The third-order valence-electron chi connectivity index (χ3n) is 5.43. The summed E-state index contributed by atoms with van der Waals surface area (Å²) in [4.78, 5) is 40.2. The normalized spacial score (nSPS) is 17.0. The Hall–Kier alpha value is -3.41. The smallest absolute Gasteiger partial charge is 0.335 e. The summed E-state index contributed by atoms with van der Waals surface area (Å²) in [6, 6.07) is 11.3.